The second kappa shape index (κ2) is 4.49. The van der Waals surface area contributed by atoms with Gasteiger partial charge in [-0.15, -0.1) is 0 Å². The van der Waals surface area contributed by atoms with Crippen LogP contribution in [0.5, 0.6) is 0 Å². The predicted molar refractivity (Wildman–Crippen MR) is 68.6 cm³/mol. The summed E-state index contributed by atoms with van der Waals surface area (Å²) in [6, 6.07) is 6.00. The fraction of sp³-hybridized carbons (Fsp3) is 0.0909. The van der Waals surface area contributed by atoms with E-state index in [1.54, 1.807) is 6.20 Å². The molecule has 3 N–H and O–H groups in total. The van der Waals surface area contributed by atoms with Crippen molar-refractivity contribution in [1.82, 2.24) is 9.97 Å². The largest absolute Gasteiger partial charge is 0.382 e. The molecule has 16 heavy (non-hydrogen) atoms. The first kappa shape index (κ1) is 10.9. The van der Waals surface area contributed by atoms with Gasteiger partial charge in [-0.1, -0.05) is 22.0 Å². The van der Waals surface area contributed by atoms with E-state index < -0.39 is 0 Å². The summed E-state index contributed by atoms with van der Waals surface area (Å²) >= 11 is 3.42. The lowest BCUT2D eigenvalue weighted by molar-refractivity contribution is 1.20. The van der Waals surface area contributed by atoms with Crippen LogP contribution in [0.1, 0.15) is 5.56 Å². The Morgan fingerprint density at radius 2 is 2.12 bits per heavy atom. The van der Waals surface area contributed by atoms with E-state index in [-0.39, 0.29) is 0 Å². The summed E-state index contributed by atoms with van der Waals surface area (Å²) in [5.41, 5.74) is 7.67. The molecule has 1 aromatic heterocycles. The number of benzene rings is 1. The quantitative estimate of drug-likeness (QED) is 0.887. The number of hydrogen-bond donors (Lipinski definition) is 2. The number of nitrogens with one attached hydrogen (secondary N) is 1. The summed E-state index contributed by atoms with van der Waals surface area (Å²) in [5.74, 6) is 1.04. The zero-order valence-electron chi connectivity index (χ0n) is 8.74. The van der Waals surface area contributed by atoms with Crippen molar-refractivity contribution in [2.75, 3.05) is 11.1 Å². The molecular formula is C11H11BrN4. The van der Waals surface area contributed by atoms with Crippen molar-refractivity contribution in [3.05, 3.63) is 40.6 Å². The highest BCUT2D eigenvalue weighted by Gasteiger charge is 2.01. The summed E-state index contributed by atoms with van der Waals surface area (Å²) in [6.07, 6.45) is 3.15. The van der Waals surface area contributed by atoms with Gasteiger partial charge in [0.25, 0.3) is 0 Å². The SMILES string of the molecule is Cc1ccc(Br)cc1Nc1cncc(N)n1. The molecule has 0 bridgehead atoms. The number of aromatic nitrogens is 2. The number of nitrogens with zero attached hydrogens (tertiary/aromatic N) is 2. The fourth-order valence-electron chi connectivity index (χ4n) is 1.31. The molecule has 0 amide bonds. The predicted octanol–water partition coefficient (Wildman–Crippen LogP) is 2.87. The van der Waals surface area contributed by atoms with Gasteiger partial charge in [0.1, 0.15) is 5.82 Å². The number of halogens is 1. The van der Waals surface area contributed by atoms with Crippen molar-refractivity contribution in [1.29, 1.82) is 0 Å². The van der Waals surface area contributed by atoms with Crippen LogP contribution in [-0.4, -0.2) is 9.97 Å². The molecule has 0 saturated heterocycles. The molecule has 0 saturated carbocycles. The van der Waals surface area contributed by atoms with E-state index in [0.29, 0.717) is 11.6 Å². The van der Waals surface area contributed by atoms with Gasteiger partial charge in [0.15, 0.2) is 5.82 Å². The Morgan fingerprint density at radius 1 is 1.31 bits per heavy atom. The minimum absolute atomic E-state index is 0.401. The molecule has 0 aliphatic carbocycles. The van der Waals surface area contributed by atoms with Crippen LogP contribution in [0.2, 0.25) is 0 Å². The summed E-state index contributed by atoms with van der Waals surface area (Å²) in [7, 11) is 0. The Balaban J connectivity index is 2.30. The van der Waals surface area contributed by atoms with Gasteiger partial charge in [0.2, 0.25) is 0 Å². The van der Waals surface area contributed by atoms with E-state index in [0.717, 1.165) is 15.7 Å². The van der Waals surface area contributed by atoms with Gasteiger partial charge in [0.05, 0.1) is 12.4 Å². The monoisotopic (exact) mass is 278 g/mol. The molecule has 1 heterocycles. The van der Waals surface area contributed by atoms with Crippen molar-refractivity contribution < 1.29 is 0 Å². The van der Waals surface area contributed by atoms with E-state index in [2.05, 4.69) is 31.2 Å². The third kappa shape index (κ3) is 2.49. The van der Waals surface area contributed by atoms with Gasteiger partial charge in [-0.2, -0.15) is 0 Å². The number of nitrogens with two attached hydrogens (primary N) is 1. The molecule has 0 fully saturated rings. The topological polar surface area (TPSA) is 63.8 Å². The molecular weight excluding hydrogens is 268 g/mol. The minimum Gasteiger partial charge on any atom is -0.382 e. The standard InChI is InChI=1S/C11H11BrN4/c1-7-2-3-8(12)4-9(7)15-11-6-14-5-10(13)16-11/h2-6H,1H3,(H3,13,15,16). The van der Waals surface area contributed by atoms with E-state index in [1.807, 2.05) is 25.1 Å². The summed E-state index contributed by atoms with van der Waals surface area (Å²) in [6.45, 7) is 2.02. The molecule has 1 aromatic carbocycles. The molecule has 0 unspecified atom stereocenters. The lowest BCUT2D eigenvalue weighted by atomic mass is 10.2. The second-order valence-electron chi connectivity index (χ2n) is 3.41. The van der Waals surface area contributed by atoms with Crippen LogP contribution in [0.3, 0.4) is 0 Å². The Bertz CT molecular complexity index is 513. The molecule has 0 spiro atoms. The van der Waals surface area contributed by atoms with Crippen molar-refractivity contribution in [2.45, 2.75) is 6.92 Å². The highest BCUT2D eigenvalue weighted by Crippen LogP contribution is 2.23. The Hall–Kier alpha value is -1.62. The molecule has 0 aliphatic rings. The summed E-state index contributed by atoms with van der Waals surface area (Å²) in [4.78, 5) is 8.10. The normalized spacial score (nSPS) is 10.1. The van der Waals surface area contributed by atoms with E-state index >= 15 is 0 Å². The minimum atomic E-state index is 0.401. The molecule has 4 nitrogen and oxygen atoms in total. The molecule has 82 valence electrons. The van der Waals surface area contributed by atoms with Gasteiger partial charge in [-0.05, 0) is 24.6 Å². The average molecular weight is 279 g/mol. The van der Waals surface area contributed by atoms with Gasteiger partial charge in [-0.3, -0.25) is 4.98 Å². The first-order valence-corrected chi connectivity index (χ1v) is 5.55. The Morgan fingerprint density at radius 3 is 2.88 bits per heavy atom. The maximum absolute atomic E-state index is 5.56. The molecule has 2 aromatic rings. The number of hydrogen-bond acceptors (Lipinski definition) is 4. The number of rotatable bonds is 2. The lowest BCUT2D eigenvalue weighted by Gasteiger charge is -2.09. The Labute approximate surface area is 102 Å². The van der Waals surface area contributed by atoms with Crippen molar-refractivity contribution in [3.8, 4) is 0 Å². The van der Waals surface area contributed by atoms with Crippen LogP contribution in [0.25, 0.3) is 0 Å². The van der Waals surface area contributed by atoms with Gasteiger partial charge in [0, 0.05) is 10.2 Å². The second-order valence-corrected chi connectivity index (χ2v) is 4.33. The van der Waals surface area contributed by atoms with E-state index in [4.69, 9.17) is 5.73 Å². The first-order valence-electron chi connectivity index (χ1n) is 4.76. The zero-order valence-corrected chi connectivity index (χ0v) is 10.3. The highest BCUT2D eigenvalue weighted by molar-refractivity contribution is 9.10. The van der Waals surface area contributed by atoms with Gasteiger partial charge >= 0.3 is 0 Å². The molecule has 0 atom stereocenters. The van der Waals surface area contributed by atoms with Crippen molar-refractivity contribution in [2.24, 2.45) is 0 Å². The summed E-state index contributed by atoms with van der Waals surface area (Å²) in [5, 5.41) is 3.17. The lowest BCUT2D eigenvalue weighted by Crippen LogP contribution is -1.99. The number of anilines is 3. The highest BCUT2D eigenvalue weighted by atomic mass is 79.9. The molecule has 0 radical (unpaired) electrons. The molecule has 2 rings (SSSR count). The third-order valence-electron chi connectivity index (χ3n) is 2.12. The smallest absolute Gasteiger partial charge is 0.151 e. The van der Waals surface area contributed by atoms with Gasteiger partial charge in [-0.25, -0.2) is 4.98 Å². The van der Waals surface area contributed by atoms with Crippen LogP contribution in [-0.2, 0) is 0 Å². The number of aryl methyl sites for hydroxylation is 1. The Kier molecular flexibility index (Phi) is 3.05. The van der Waals surface area contributed by atoms with Crippen LogP contribution in [0.4, 0.5) is 17.3 Å². The van der Waals surface area contributed by atoms with Crippen LogP contribution in [0, 0.1) is 6.92 Å². The molecule has 0 aliphatic heterocycles. The maximum Gasteiger partial charge on any atom is 0.151 e. The van der Waals surface area contributed by atoms with Crippen LogP contribution >= 0.6 is 15.9 Å². The third-order valence-corrected chi connectivity index (χ3v) is 2.61. The van der Waals surface area contributed by atoms with Gasteiger partial charge < -0.3 is 11.1 Å². The van der Waals surface area contributed by atoms with Crippen LogP contribution in [0.15, 0.2) is 35.1 Å². The van der Waals surface area contributed by atoms with Crippen molar-refractivity contribution in [3.63, 3.8) is 0 Å². The average Bonchev–Trinajstić information content (AvgIpc) is 2.24. The maximum atomic E-state index is 5.56. The first-order chi connectivity index (χ1) is 7.65. The zero-order chi connectivity index (χ0) is 11.5. The molecule has 5 heteroatoms. The van der Waals surface area contributed by atoms with Crippen LogP contribution < -0.4 is 11.1 Å². The van der Waals surface area contributed by atoms with E-state index in [9.17, 15) is 0 Å². The van der Waals surface area contributed by atoms with Crippen molar-refractivity contribution >= 4 is 33.3 Å². The number of nitrogen functional groups attached to an aromatic ring is 1. The fourth-order valence-corrected chi connectivity index (χ4v) is 1.67. The van der Waals surface area contributed by atoms with E-state index in [1.165, 1.54) is 6.20 Å². The summed E-state index contributed by atoms with van der Waals surface area (Å²) < 4.78 is 1.01.